The van der Waals surface area contributed by atoms with E-state index in [0.29, 0.717) is 6.54 Å². The summed E-state index contributed by atoms with van der Waals surface area (Å²) in [5.41, 5.74) is 16.4. The molecular weight excluding hydrogens is 326 g/mol. The highest BCUT2D eigenvalue weighted by atomic mass is 16.2. The van der Waals surface area contributed by atoms with E-state index in [-0.39, 0.29) is 11.9 Å². The van der Waals surface area contributed by atoms with E-state index in [1.54, 1.807) is 11.1 Å². The van der Waals surface area contributed by atoms with Crippen LogP contribution in [0.1, 0.15) is 17.2 Å². The fourth-order valence-electron chi connectivity index (χ4n) is 3.30. The van der Waals surface area contributed by atoms with E-state index in [1.165, 1.54) is 0 Å². The van der Waals surface area contributed by atoms with E-state index in [9.17, 15) is 4.79 Å². The predicted octanol–water partition coefficient (Wildman–Crippen LogP) is 2.31. The fourth-order valence-corrected chi connectivity index (χ4v) is 3.30. The average molecular weight is 345 g/mol. The Labute approximate surface area is 151 Å². The minimum absolute atomic E-state index is 0.0889. The topological polar surface area (TPSA) is 98.1 Å². The zero-order valence-electron chi connectivity index (χ0n) is 14.2. The van der Waals surface area contributed by atoms with Crippen molar-refractivity contribution in [3.63, 3.8) is 0 Å². The van der Waals surface area contributed by atoms with E-state index in [2.05, 4.69) is 16.0 Å². The predicted molar refractivity (Wildman–Crippen MR) is 101 cm³/mol. The van der Waals surface area contributed by atoms with Crippen molar-refractivity contribution in [2.75, 3.05) is 17.2 Å². The van der Waals surface area contributed by atoms with Gasteiger partial charge in [0.05, 0.1) is 5.69 Å². The van der Waals surface area contributed by atoms with Crippen molar-refractivity contribution in [3.05, 3.63) is 71.9 Å². The van der Waals surface area contributed by atoms with Gasteiger partial charge < -0.3 is 16.4 Å². The second-order valence-electron chi connectivity index (χ2n) is 6.27. The summed E-state index contributed by atoms with van der Waals surface area (Å²) in [6.07, 6.45) is 2.43. The number of nitrogens with zero attached hydrogens (tertiary/aromatic N) is 3. The van der Waals surface area contributed by atoms with Gasteiger partial charge in [-0.15, -0.1) is 0 Å². The lowest BCUT2D eigenvalue weighted by molar-refractivity contribution is -0.119. The maximum absolute atomic E-state index is 12.9. The first-order valence-electron chi connectivity index (χ1n) is 8.47. The smallest absolute Gasteiger partial charge is 0.248 e. The molecule has 1 amide bonds. The van der Waals surface area contributed by atoms with Crippen molar-refractivity contribution in [1.29, 1.82) is 0 Å². The molecule has 130 valence electrons. The van der Waals surface area contributed by atoms with Crippen LogP contribution in [0.2, 0.25) is 0 Å². The molecule has 2 heterocycles. The molecule has 1 aromatic heterocycles. The molecule has 0 fully saturated rings. The van der Waals surface area contributed by atoms with Crippen LogP contribution >= 0.6 is 0 Å². The minimum Gasteiger partial charge on any atom is -0.368 e. The first-order chi connectivity index (χ1) is 12.6. The molecule has 1 atom stereocenters. The molecule has 6 nitrogen and oxygen atoms in total. The number of nitrogens with two attached hydrogens (primary N) is 2. The normalized spacial score (nSPS) is 14.1. The van der Waals surface area contributed by atoms with Crippen LogP contribution in [0.15, 0.2) is 60.8 Å². The van der Waals surface area contributed by atoms with Crippen LogP contribution in [0.25, 0.3) is 11.3 Å². The van der Waals surface area contributed by atoms with Crippen LogP contribution in [0.4, 0.5) is 11.6 Å². The average Bonchev–Trinajstić information content (AvgIpc) is 3.10. The van der Waals surface area contributed by atoms with Gasteiger partial charge in [0, 0.05) is 24.0 Å². The van der Waals surface area contributed by atoms with Crippen molar-refractivity contribution >= 4 is 17.5 Å². The molecule has 4 rings (SSSR count). The number of anilines is 2. The molecule has 2 aromatic carbocycles. The number of carbonyl (C=O) groups excluding carboxylic acids is 1. The summed E-state index contributed by atoms with van der Waals surface area (Å²) >= 11 is 0. The monoisotopic (exact) mass is 345 g/mol. The van der Waals surface area contributed by atoms with Crippen molar-refractivity contribution in [2.45, 2.75) is 12.5 Å². The summed E-state index contributed by atoms with van der Waals surface area (Å²) in [6, 6.07) is 16.5. The molecule has 0 saturated heterocycles. The molecule has 0 saturated carbocycles. The van der Waals surface area contributed by atoms with Gasteiger partial charge >= 0.3 is 0 Å². The second-order valence-corrected chi connectivity index (χ2v) is 6.27. The molecular formula is C20H19N5O. The van der Waals surface area contributed by atoms with Crippen LogP contribution < -0.4 is 16.4 Å². The number of carbonyl (C=O) groups is 1. The van der Waals surface area contributed by atoms with Crippen molar-refractivity contribution in [1.82, 2.24) is 9.97 Å². The lowest BCUT2D eigenvalue weighted by Crippen LogP contribution is -2.37. The molecule has 0 bridgehead atoms. The van der Waals surface area contributed by atoms with Gasteiger partial charge in [-0.05, 0) is 35.7 Å². The zero-order valence-corrected chi connectivity index (χ0v) is 14.2. The SMILES string of the molecule is Nc1nccc(-c2ccc3c(c2)CCN3C(=O)[C@@H](N)c2ccccc2)n1. The summed E-state index contributed by atoms with van der Waals surface area (Å²) in [5, 5.41) is 0. The van der Waals surface area contributed by atoms with Gasteiger partial charge in [-0.2, -0.15) is 0 Å². The highest BCUT2D eigenvalue weighted by molar-refractivity contribution is 5.99. The summed E-state index contributed by atoms with van der Waals surface area (Å²) in [7, 11) is 0. The number of benzene rings is 2. The number of aromatic nitrogens is 2. The Kier molecular flexibility index (Phi) is 4.10. The molecule has 0 aliphatic carbocycles. The number of rotatable bonds is 3. The third-order valence-electron chi connectivity index (χ3n) is 4.64. The van der Waals surface area contributed by atoms with E-state index in [1.807, 2.05) is 48.5 Å². The lowest BCUT2D eigenvalue weighted by atomic mass is 10.0. The summed E-state index contributed by atoms with van der Waals surface area (Å²) < 4.78 is 0. The van der Waals surface area contributed by atoms with Crippen LogP contribution in [-0.4, -0.2) is 22.4 Å². The van der Waals surface area contributed by atoms with Gasteiger partial charge in [0.2, 0.25) is 11.9 Å². The lowest BCUT2D eigenvalue weighted by Gasteiger charge is -2.22. The fraction of sp³-hybridized carbons (Fsp3) is 0.150. The second kappa shape index (κ2) is 6.57. The molecule has 0 radical (unpaired) electrons. The van der Waals surface area contributed by atoms with Crippen molar-refractivity contribution in [2.24, 2.45) is 5.73 Å². The zero-order chi connectivity index (χ0) is 18.1. The quantitative estimate of drug-likeness (QED) is 0.759. The summed E-state index contributed by atoms with van der Waals surface area (Å²) in [5.74, 6) is 0.155. The molecule has 1 aliphatic rings. The van der Waals surface area contributed by atoms with Crippen LogP contribution in [0.5, 0.6) is 0 Å². The molecule has 4 N–H and O–H groups in total. The Hall–Kier alpha value is -3.25. The molecule has 1 aliphatic heterocycles. The Morgan fingerprint density at radius 2 is 1.92 bits per heavy atom. The number of nitrogen functional groups attached to an aromatic ring is 1. The van der Waals surface area contributed by atoms with E-state index < -0.39 is 6.04 Å². The van der Waals surface area contributed by atoms with Gasteiger partial charge in [0.15, 0.2) is 0 Å². The molecule has 6 heteroatoms. The van der Waals surface area contributed by atoms with Gasteiger partial charge in [-0.3, -0.25) is 4.79 Å². The van der Waals surface area contributed by atoms with E-state index in [0.717, 1.165) is 34.5 Å². The number of hydrogen-bond donors (Lipinski definition) is 2. The Bertz CT molecular complexity index is 957. The Morgan fingerprint density at radius 1 is 1.12 bits per heavy atom. The Morgan fingerprint density at radius 3 is 2.69 bits per heavy atom. The van der Waals surface area contributed by atoms with Crippen LogP contribution in [-0.2, 0) is 11.2 Å². The number of hydrogen-bond acceptors (Lipinski definition) is 5. The number of amides is 1. The molecule has 3 aromatic rings. The molecule has 0 unspecified atom stereocenters. The molecule has 26 heavy (non-hydrogen) atoms. The Balaban J connectivity index is 1.61. The first-order valence-corrected chi connectivity index (χ1v) is 8.47. The third kappa shape index (κ3) is 2.91. The largest absolute Gasteiger partial charge is 0.368 e. The standard InChI is InChI=1S/C20H19N5O/c21-18(13-4-2-1-3-5-13)19(26)25-11-9-15-12-14(6-7-17(15)25)16-8-10-23-20(22)24-16/h1-8,10,12,18H,9,11,21H2,(H2,22,23,24)/t18-/m0/s1. The van der Waals surface area contributed by atoms with Crippen molar-refractivity contribution in [3.8, 4) is 11.3 Å². The van der Waals surface area contributed by atoms with Gasteiger partial charge in [0.1, 0.15) is 6.04 Å². The first kappa shape index (κ1) is 16.2. The highest BCUT2D eigenvalue weighted by Crippen LogP contribution is 2.33. The maximum Gasteiger partial charge on any atom is 0.248 e. The van der Waals surface area contributed by atoms with Crippen LogP contribution in [0.3, 0.4) is 0 Å². The third-order valence-corrected chi connectivity index (χ3v) is 4.64. The highest BCUT2D eigenvalue weighted by Gasteiger charge is 2.29. The minimum atomic E-state index is -0.663. The van der Waals surface area contributed by atoms with Crippen molar-refractivity contribution < 1.29 is 4.79 Å². The molecule has 0 spiro atoms. The maximum atomic E-state index is 12.9. The van der Waals surface area contributed by atoms with Gasteiger partial charge in [0.25, 0.3) is 0 Å². The number of fused-ring (bicyclic) bond motifs is 1. The van der Waals surface area contributed by atoms with Gasteiger partial charge in [-0.25, -0.2) is 9.97 Å². The van der Waals surface area contributed by atoms with Gasteiger partial charge in [-0.1, -0.05) is 36.4 Å². The summed E-state index contributed by atoms with van der Waals surface area (Å²) in [4.78, 5) is 22.8. The van der Waals surface area contributed by atoms with Crippen LogP contribution in [0, 0.1) is 0 Å². The van der Waals surface area contributed by atoms with E-state index in [4.69, 9.17) is 11.5 Å². The van der Waals surface area contributed by atoms with E-state index >= 15 is 0 Å². The summed E-state index contributed by atoms with van der Waals surface area (Å²) in [6.45, 7) is 0.629.